The van der Waals surface area contributed by atoms with E-state index in [9.17, 15) is 0 Å². The first-order valence-corrected chi connectivity index (χ1v) is 6.54. The fourth-order valence-corrected chi connectivity index (χ4v) is 2.14. The maximum Gasteiger partial charge on any atom is 0.00756 e. The van der Waals surface area contributed by atoms with Crippen LogP contribution in [0.4, 0.5) is 0 Å². The predicted octanol–water partition coefficient (Wildman–Crippen LogP) is 3.87. The third-order valence-electron chi connectivity index (χ3n) is 3.04. The molecule has 94 valence electrons. The van der Waals surface area contributed by atoms with Crippen LogP contribution in [-0.4, -0.2) is 12.1 Å². The van der Waals surface area contributed by atoms with Crippen LogP contribution in [0, 0.1) is 6.92 Å². The van der Waals surface area contributed by atoms with E-state index in [1.54, 1.807) is 0 Å². The van der Waals surface area contributed by atoms with Gasteiger partial charge in [-0.1, -0.05) is 35.9 Å². The van der Waals surface area contributed by atoms with Gasteiger partial charge in [-0.2, -0.15) is 0 Å². The molecule has 0 heterocycles. The van der Waals surface area contributed by atoms with Crippen LogP contribution in [0.2, 0.25) is 0 Å². The molecule has 0 bridgehead atoms. The number of rotatable bonds is 7. The second-order valence-electron chi connectivity index (χ2n) is 5.02. The molecule has 0 fully saturated rings. The zero-order valence-electron chi connectivity index (χ0n) is 11.4. The van der Waals surface area contributed by atoms with Gasteiger partial charge in [-0.25, -0.2) is 0 Å². The van der Waals surface area contributed by atoms with Crippen LogP contribution in [0.5, 0.6) is 0 Å². The van der Waals surface area contributed by atoms with Crippen molar-refractivity contribution in [2.24, 2.45) is 0 Å². The SMILES string of the molecule is C=CCC(C)NC(C)CCc1cccc(C)c1. The molecule has 1 aromatic carbocycles. The third kappa shape index (κ3) is 5.69. The van der Waals surface area contributed by atoms with E-state index in [-0.39, 0.29) is 0 Å². The van der Waals surface area contributed by atoms with Gasteiger partial charge in [-0.3, -0.25) is 0 Å². The average molecular weight is 231 g/mol. The summed E-state index contributed by atoms with van der Waals surface area (Å²) in [6.45, 7) is 10.4. The van der Waals surface area contributed by atoms with E-state index in [4.69, 9.17) is 0 Å². The van der Waals surface area contributed by atoms with Crippen LogP contribution in [-0.2, 0) is 6.42 Å². The molecule has 0 amide bonds. The number of benzene rings is 1. The van der Waals surface area contributed by atoms with Gasteiger partial charge in [0.1, 0.15) is 0 Å². The van der Waals surface area contributed by atoms with E-state index >= 15 is 0 Å². The largest absolute Gasteiger partial charge is 0.311 e. The zero-order valence-corrected chi connectivity index (χ0v) is 11.4. The summed E-state index contributed by atoms with van der Waals surface area (Å²) in [6.07, 6.45) is 5.35. The fourth-order valence-electron chi connectivity index (χ4n) is 2.14. The molecule has 1 heteroatoms. The van der Waals surface area contributed by atoms with Crippen LogP contribution in [0.25, 0.3) is 0 Å². The normalized spacial score (nSPS) is 14.3. The van der Waals surface area contributed by atoms with Crippen molar-refractivity contribution < 1.29 is 0 Å². The van der Waals surface area contributed by atoms with Crippen molar-refractivity contribution in [3.63, 3.8) is 0 Å². The highest BCUT2D eigenvalue weighted by Crippen LogP contribution is 2.08. The molecule has 0 aromatic heterocycles. The lowest BCUT2D eigenvalue weighted by Gasteiger charge is -2.19. The molecule has 0 saturated carbocycles. The van der Waals surface area contributed by atoms with Gasteiger partial charge in [0, 0.05) is 12.1 Å². The Balaban J connectivity index is 2.32. The Bertz CT molecular complexity index is 343. The Morgan fingerprint density at radius 2 is 2.06 bits per heavy atom. The maximum atomic E-state index is 3.77. The van der Waals surface area contributed by atoms with Crippen LogP contribution < -0.4 is 5.32 Å². The van der Waals surface area contributed by atoms with E-state index < -0.39 is 0 Å². The lowest BCUT2D eigenvalue weighted by atomic mass is 10.0. The van der Waals surface area contributed by atoms with E-state index in [1.807, 2.05) is 6.08 Å². The number of aryl methyl sites for hydroxylation is 2. The van der Waals surface area contributed by atoms with Crippen molar-refractivity contribution in [2.45, 2.75) is 52.1 Å². The molecule has 2 atom stereocenters. The molecule has 0 spiro atoms. The van der Waals surface area contributed by atoms with Gasteiger partial charge in [-0.05, 0) is 45.6 Å². The van der Waals surface area contributed by atoms with Crippen molar-refractivity contribution in [3.8, 4) is 0 Å². The molecule has 17 heavy (non-hydrogen) atoms. The van der Waals surface area contributed by atoms with Crippen LogP contribution in [0.1, 0.15) is 37.8 Å². The van der Waals surface area contributed by atoms with Crippen molar-refractivity contribution in [3.05, 3.63) is 48.0 Å². The molecule has 1 aromatic rings. The second kappa shape index (κ2) is 7.29. The lowest BCUT2D eigenvalue weighted by Crippen LogP contribution is -2.34. The molecular weight excluding hydrogens is 206 g/mol. The molecule has 1 rings (SSSR count). The Morgan fingerprint density at radius 1 is 1.29 bits per heavy atom. The topological polar surface area (TPSA) is 12.0 Å². The molecule has 0 aliphatic rings. The fraction of sp³-hybridized carbons (Fsp3) is 0.500. The first kappa shape index (κ1) is 14.0. The summed E-state index contributed by atoms with van der Waals surface area (Å²) in [6, 6.07) is 9.87. The first-order chi connectivity index (χ1) is 8.11. The molecule has 2 unspecified atom stereocenters. The van der Waals surface area contributed by atoms with E-state index in [0.717, 1.165) is 12.8 Å². The molecule has 0 aliphatic carbocycles. The minimum Gasteiger partial charge on any atom is -0.311 e. The summed E-state index contributed by atoms with van der Waals surface area (Å²) >= 11 is 0. The second-order valence-corrected chi connectivity index (χ2v) is 5.02. The molecule has 0 radical (unpaired) electrons. The molecule has 0 saturated heterocycles. The maximum absolute atomic E-state index is 3.77. The van der Waals surface area contributed by atoms with Gasteiger partial charge < -0.3 is 5.32 Å². The summed E-state index contributed by atoms with van der Waals surface area (Å²) in [7, 11) is 0. The highest BCUT2D eigenvalue weighted by molar-refractivity contribution is 5.22. The summed E-state index contributed by atoms with van der Waals surface area (Å²) < 4.78 is 0. The van der Waals surface area contributed by atoms with Gasteiger partial charge in [0.25, 0.3) is 0 Å². The van der Waals surface area contributed by atoms with Crippen molar-refractivity contribution in [1.82, 2.24) is 5.32 Å². The minimum absolute atomic E-state index is 0.528. The summed E-state index contributed by atoms with van der Waals surface area (Å²) in [5.41, 5.74) is 2.79. The van der Waals surface area contributed by atoms with Crippen LogP contribution in [0.3, 0.4) is 0 Å². The van der Waals surface area contributed by atoms with E-state index in [1.165, 1.54) is 17.5 Å². The monoisotopic (exact) mass is 231 g/mol. The van der Waals surface area contributed by atoms with Crippen molar-refractivity contribution in [1.29, 1.82) is 0 Å². The van der Waals surface area contributed by atoms with Crippen molar-refractivity contribution >= 4 is 0 Å². The molecule has 0 aliphatic heterocycles. The standard InChI is InChI=1S/C16H25N/c1-5-7-14(3)17-15(4)10-11-16-9-6-8-13(2)12-16/h5-6,8-9,12,14-15,17H,1,7,10-11H2,2-4H3. The van der Waals surface area contributed by atoms with Crippen LogP contribution >= 0.6 is 0 Å². The highest BCUT2D eigenvalue weighted by atomic mass is 14.9. The van der Waals surface area contributed by atoms with Gasteiger partial charge >= 0.3 is 0 Å². The smallest absolute Gasteiger partial charge is 0.00756 e. The lowest BCUT2D eigenvalue weighted by molar-refractivity contribution is 0.448. The molecular formula is C16H25N. The third-order valence-corrected chi connectivity index (χ3v) is 3.04. The summed E-state index contributed by atoms with van der Waals surface area (Å²) in [5.74, 6) is 0. The Hall–Kier alpha value is -1.08. The van der Waals surface area contributed by atoms with Gasteiger partial charge in [0.15, 0.2) is 0 Å². The van der Waals surface area contributed by atoms with Crippen molar-refractivity contribution in [2.75, 3.05) is 0 Å². The molecule has 1 N–H and O–H groups in total. The van der Waals surface area contributed by atoms with Crippen LogP contribution in [0.15, 0.2) is 36.9 Å². The zero-order chi connectivity index (χ0) is 12.7. The quantitative estimate of drug-likeness (QED) is 0.702. The minimum atomic E-state index is 0.528. The van der Waals surface area contributed by atoms with Gasteiger partial charge in [-0.15, -0.1) is 6.58 Å². The number of hydrogen-bond donors (Lipinski definition) is 1. The summed E-state index contributed by atoms with van der Waals surface area (Å²) in [4.78, 5) is 0. The Morgan fingerprint density at radius 3 is 2.71 bits per heavy atom. The predicted molar refractivity (Wildman–Crippen MR) is 76.4 cm³/mol. The Kier molecular flexibility index (Phi) is 5.99. The average Bonchev–Trinajstić information content (AvgIpc) is 2.27. The Labute approximate surface area is 106 Å². The molecule has 1 nitrogen and oxygen atoms in total. The number of nitrogens with one attached hydrogen (secondary N) is 1. The number of hydrogen-bond acceptors (Lipinski definition) is 1. The van der Waals surface area contributed by atoms with E-state index in [2.05, 4.69) is 56.9 Å². The summed E-state index contributed by atoms with van der Waals surface area (Å²) in [5, 5.41) is 3.59. The van der Waals surface area contributed by atoms with Gasteiger partial charge in [0.05, 0.1) is 0 Å². The first-order valence-electron chi connectivity index (χ1n) is 6.54. The highest BCUT2D eigenvalue weighted by Gasteiger charge is 2.06. The van der Waals surface area contributed by atoms with Gasteiger partial charge in [0.2, 0.25) is 0 Å². The van der Waals surface area contributed by atoms with E-state index in [0.29, 0.717) is 12.1 Å².